The highest BCUT2D eigenvalue weighted by Gasteiger charge is 2.26. The molecule has 0 aliphatic rings. The second-order valence-electron chi connectivity index (χ2n) is 10.4. The molecule has 1 atom stereocenters. The van der Waals surface area contributed by atoms with Gasteiger partial charge in [-0.3, -0.25) is 4.99 Å². The van der Waals surface area contributed by atoms with E-state index in [1.165, 1.54) is 5.56 Å². The van der Waals surface area contributed by atoms with Gasteiger partial charge in [-0.05, 0) is 37.3 Å². The SMILES string of the molecule is CC(C)(C)OC(=O)[C@H](Cc1ccc(C(C)(C)C)cc1)N=C(c1ccccc1)c1ccccc1. The Balaban J connectivity index is 2.03. The number of esters is 1. The summed E-state index contributed by atoms with van der Waals surface area (Å²) in [5, 5.41) is 0. The normalized spacial score (nSPS) is 12.7. The monoisotopic (exact) mass is 441 g/mol. The molecule has 0 unspecified atom stereocenters. The number of benzene rings is 3. The van der Waals surface area contributed by atoms with Gasteiger partial charge in [0.05, 0.1) is 5.71 Å². The number of carbonyl (C=O) groups excluding carboxylic acids is 1. The largest absolute Gasteiger partial charge is 0.458 e. The van der Waals surface area contributed by atoms with Crippen LogP contribution in [0, 0.1) is 0 Å². The molecule has 3 heteroatoms. The second-order valence-corrected chi connectivity index (χ2v) is 10.4. The standard InChI is InChI=1S/C30H35NO2/c1-29(2,3)25-19-17-22(18-20-25)21-26(28(32)33-30(4,5)6)31-27(23-13-9-7-10-14-23)24-15-11-8-12-16-24/h7-20,26H,21H2,1-6H3/t26-/m0/s1. The Kier molecular flexibility index (Phi) is 7.53. The Bertz CT molecular complexity index is 1030. The minimum Gasteiger partial charge on any atom is -0.458 e. The topological polar surface area (TPSA) is 38.7 Å². The van der Waals surface area contributed by atoms with E-state index in [4.69, 9.17) is 9.73 Å². The summed E-state index contributed by atoms with van der Waals surface area (Å²) in [6.45, 7) is 12.3. The highest BCUT2D eigenvalue weighted by molar-refractivity contribution is 6.13. The summed E-state index contributed by atoms with van der Waals surface area (Å²) in [6, 6.07) is 27.8. The first-order valence-electron chi connectivity index (χ1n) is 11.5. The molecule has 3 rings (SSSR count). The third kappa shape index (κ3) is 7.15. The summed E-state index contributed by atoms with van der Waals surface area (Å²) in [5.41, 5.74) is 4.55. The Morgan fingerprint density at radius 1 is 0.758 bits per heavy atom. The van der Waals surface area contributed by atoms with Crippen molar-refractivity contribution in [1.82, 2.24) is 0 Å². The smallest absolute Gasteiger partial charge is 0.331 e. The van der Waals surface area contributed by atoms with Crippen molar-refractivity contribution in [3.05, 3.63) is 107 Å². The van der Waals surface area contributed by atoms with Gasteiger partial charge in [-0.2, -0.15) is 0 Å². The van der Waals surface area contributed by atoms with Crippen molar-refractivity contribution < 1.29 is 9.53 Å². The van der Waals surface area contributed by atoms with Crippen molar-refractivity contribution in [1.29, 1.82) is 0 Å². The van der Waals surface area contributed by atoms with Crippen molar-refractivity contribution in [2.45, 2.75) is 65.0 Å². The van der Waals surface area contributed by atoms with E-state index in [0.29, 0.717) is 6.42 Å². The predicted molar refractivity (Wildman–Crippen MR) is 137 cm³/mol. The molecule has 3 aromatic rings. The van der Waals surface area contributed by atoms with Gasteiger partial charge in [-0.25, -0.2) is 4.79 Å². The molecule has 172 valence electrons. The van der Waals surface area contributed by atoms with Crippen LogP contribution in [0.4, 0.5) is 0 Å². The molecule has 0 bridgehead atoms. The zero-order valence-corrected chi connectivity index (χ0v) is 20.6. The van der Waals surface area contributed by atoms with Crippen LogP contribution in [-0.2, 0) is 21.4 Å². The van der Waals surface area contributed by atoms with Crippen LogP contribution < -0.4 is 0 Å². The van der Waals surface area contributed by atoms with Crippen molar-refractivity contribution in [3.8, 4) is 0 Å². The molecule has 0 N–H and O–H groups in total. The van der Waals surface area contributed by atoms with E-state index in [-0.39, 0.29) is 11.4 Å². The van der Waals surface area contributed by atoms with E-state index < -0.39 is 11.6 Å². The molecule has 0 aliphatic carbocycles. The number of hydrogen-bond acceptors (Lipinski definition) is 3. The zero-order valence-electron chi connectivity index (χ0n) is 20.6. The summed E-state index contributed by atoms with van der Waals surface area (Å²) >= 11 is 0. The van der Waals surface area contributed by atoms with E-state index in [2.05, 4.69) is 45.0 Å². The fraction of sp³-hybridized carbons (Fsp3) is 0.333. The van der Waals surface area contributed by atoms with Crippen LogP contribution in [0.3, 0.4) is 0 Å². The highest BCUT2D eigenvalue weighted by atomic mass is 16.6. The molecular formula is C30H35NO2. The van der Waals surface area contributed by atoms with E-state index in [0.717, 1.165) is 22.4 Å². The van der Waals surface area contributed by atoms with Gasteiger partial charge in [0.25, 0.3) is 0 Å². The van der Waals surface area contributed by atoms with Crippen LogP contribution in [0.2, 0.25) is 0 Å². The van der Waals surface area contributed by atoms with Crippen molar-refractivity contribution in [2.24, 2.45) is 4.99 Å². The molecule has 0 aromatic heterocycles. The van der Waals surface area contributed by atoms with E-state index in [1.54, 1.807) is 0 Å². The van der Waals surface area contributed by atoms with Gasteiger partial charge in [0, 0.05) is 17.5 Å². The second kappa shape index (κ2) is 10.2. The third-order valence-electron chi connectivity index (χ3n) is 5.31. The Morgan fingerprint density at radius 2 is 1.24 bits per heavy atom. The molecule has 3 nitrogen and oxygen atoms in total. The Labute approximate surface area is 198 Å². The van der Waals surface area contributed by atoms with Gasteiger partial charge >= 0.3 is 5.97 Å². The first-order chi connectivity index (χ1) is 15.5. The molecule has 0 saturated heterocycles. The summed E-state index contributed by atoms with van der Waals surface area (Å²) in [5.74, 6) is -0.313. The molecule has 0 amide bonds. The predicted octanol–water partition coefficient (Wildman–Crippen LogP) is 6.77. The molecule has 0 radical (unpaired) electrons. The molecule has 3 aromatic carbocycles. The summed E-state index contributed by atoms with van der Waals surface area (Å²) in [6.07, 6.45) is 0.475. The number of carbonyl (C=O) groups is 1. The van der Waals surface area contributed by atoms with Crippen molar-refractivity contribution in [2.75, 3.05) is 0 Å². The van der Waals surface area contributed by atoms with Crippen LogP contribution in [0.25, 0.3) is 0 Å². The molecule has 0 saturated carbocycles. The third-order valence-corrected chi connectivity index (χ3v) is 5.31. The summed E-state index contributed by atoms with van der Waals surface area (Å²) in [4.78, 5) is 18.3. The number of rotatable bonds is 6. The quantitative estimate of drug-likeness (QED) is 0.313. The molecular weight excluding hydrogens is 406 g/mol. The minimum atomic E-state index is -0.653. The maximum atomic E-state index is 13.3. The van der Waals surface area contributed by atoms with Crippen molar-refractivity contribution >= 4 is 11.7 Å². The first kappa shape index (κ1) is 24.4. The van der Waals surface area contributed by atoms with Gasteiger partial charge in [-0.1, -0.05) is 106 Å². The lowest BCUT2D eigenvalue weighted by Gasteiger charge is -2.23. The van der Waals surface area contributed by atoms with E-state index in [9.17, 15) is 4.79 Å². The number of aliphatic imine (C=N–C) groups is 1. The fourth-order valence-corrected chi connectivity index (χ4v) is 3.58. The van der Waals surface area contributed by atoms with Crippen LogP contribution >= 0.6 is 0 Å². The maximum Gasteiger partial charge on any atom is 0.331 e. The van der Waals surface area contributed by atoms with Crippen LogP contribution in [-0.4, -0.2) is 23.3 Å². The van der Waals surface area contributed by atoms with Gasteiger partial charge < -0.3 is 4.74 Å². The van der Waals surface area contributed by atoms with Gasteiger partial charge in [0.2, 0.25) is 0 Å². The lowest BCUT2D eigenvalue weighted by molar-refractivity contribution is -0.156. The van der Waals surface area contributed by atoms with Crippen molar-refractivity contribution in [3.63, 3.8) is 0 Å². The number of ether oxygens (including phenoxy) is 1. The number of nitrogens with zero attached hydrogens (tertiary/aromatic N) is 1. The van der Waals surface area contributed by atoms with E-state index >= 15 is 0 Å². The average molecular weight is 442 g/mol. The fourth-order valence-electron chi connectivity index (χ4n) is 3.58. The summed E-state index contributed by atoms with van der Waals surface area (Å²) < 4.78 is 5.78. The molecule has 0 heterocycles. The molecule has 33 heavy (non-hydrogen) atoms. The van der Waals surface area contributed by atoms with Gasteiger partial charge in [-0.15, -0.1) is 0 Å². The first-order valence-corrected chi connectivity index (χ1v) is 11.5. The van der Waals surface area contributed by atoms with Gasteiger partial charge in [0.1, 0.15) is 5.60 Å². The zero-order chi connectivity index (χ0) is 24.1. The Morgan fingerprint density at radius 3 is 1.67 bits per heavy atom. The Hall–Kier alpha value is -3.20. The average Bonchev–Trinajstić information content (AvgIpc) is 2.76. The lowest BCUT2D eigenvalue weighted by atomic mass is 9.86. The van der Waals surface area contributed by atoms with Gasteiger partial charge in [0.15, 0.2) is 6.04 Å². The maximum absolute atomic E-state index is 13.3. The number of hydrogen-bond donors (Lipinski definition) is 0. The molecule has 0 spiro atoms. The van der Waals surface area contributed by atoms with Crippen LogP contribution in [0.5, 0.6) is 0 Å². The molecule has 0 fully saturated rings. The van der Waals surface area contributed by atoms with Crippen LogP contribution in [0.1, 0.15) is 63.8 Å². The van der Waals surface area contributed by atoms with E-state index in [1.807, 2.05) is 81.4 Å². The minimum absolute atomic E-state index is 0.0784. The van der Waals surface area contributed by atoms with Crippen LogP contribution in [0.15, 0.2) is 89.9 Å². The lowest BCUT2D eigenvalue weighted by Crippen LogP contribution is -2.33. The summed E-state index contributed by atoms with van der Waals surface area (Å²) in [7, 11) is 0. The molecule has 0 aliphatic heterocycles. The highest BCUT2D eigenvalue weighted by Crippen LogP contribution is 2.23.